The van der Waals surface area contributed by atoms with Crippen molar-refractivity contribution in [3.8, 4) is 0 Å². The van der Waals surface area contributed by atoms with E-state index in [1.165, 1.54) is 0 Å². The van der Waals surface area contributed by atoms with Crippen molar-refractivity contribution in [2.24, 2.45) is 0 Å². The van der Waals surface area contributed by atoms with E-state index < -0.39 is 50.0 Å². The second-order valence-corrected chi connectivity index (χ2v) is 6.89. The van der Waals surface area contributed by atoms with Crippen molar-refractivity contribution < 1.29 is 57.1 Å². The van der Waals surface area contributed by atoms with Gasteiger partial charge in [-0.15, -0.1) is 11.3 Å². The Balaban J connectivity index is 3.60. The lowest BCUT2D eigenvalue weighted by Gasteiger charge is -2.39. The van der Waals surface area contributed by atoms with E-state index in [2.05, 4.69) is 0 Å². The van der Waals surface area contributed by atoms with Crippen LogP contribution < -0.4 is 0 Å². The van der Waals surface area contributed by atoms with E-state index in [-0.39, 0.29) is 17.4 Å². The van der Waals surface area contributed by atoms with E-state index >= 15 is 0 Å². The Hall–Kier alpha value is -0.630. The van der Waals surface area contributed by atoms with Gasteiger partial charge in [0.1, 0.15) is 4.34 Å². The van der Waals surface area contributed by atoms with Gasteiger partial charge in [0.05, 0.1) is 9.90 Å². The van der Waals surface area contributed by atoms with Gasteiger partial charge in [-0.2, -0.15) is 57.1 Å². The fourth-order valence-electron chi connectivity index (χ4n) is 1.49. The van der Waals surface area contributed by atoms with Gasteiger partial charge >= 0.3 is 35.8 Å². The standard InChI is InChI=1S/C10HCl2F13S/c11-3-1-2(4(12)26-3)5(13,14)6(15,16)7(17,18)8(19,20)9(21,22)10(23,24)25/h1H. The zero-order valence-electron chi connectivity index (χ0n) is 11.2. The summed E-state index contributed by atoms with van der Waals surface area (Å²) in [6.07, 6.45) is -7.45. The van der Waals surface area contributed by atoms with Crippen LogP contribution >= 0.6 is 34.5 Å². The number of hydrogen-bond acceptors (Lipinski definition) is 1. The summed E-state index contributed by atoms with van der Waals surface area (Å²) in [5, 5.41) is 0. The van der Waals surface area contributed by atoms with Crippen LogP contribution in [0.2, 0.25) is 8.67 Å². The van der Waals surface area contributed by atoms with Gasteiger partial charge in [-0.1, -0.05) is 23.2 Å². The molecule has 16 heteroatoms. The van der Waals surface area contributed by atoms with Gasteiger partial charge in [0, 0.05) is 0 Å². The van der Waals surface area contributed by atoms with Crippen LogP contribution in [0.4, 0.5) is 57.1 Å². The largest absolute Gasteiger partial charge is 0.460 e. The van der Waals surface area contributed by atoms with Crippen molar-refractivity contribution >= 4 is 34.5 Å². The summed E-state index contributed by atoms with van der Waals surface area (Å²) >= 11 is 10.0. The van der Waals surface area contributed by atoms with E-state index in [0.717, 1.165) is 0 Å². The van der Waals surface area contributed by atoms with Crippen LogP contribution in [0.25, 0.3) is 0 Å². The molecule has 0 aliphatic heterocycles. The summed E-state index contributed by atoms with van der Waals surface area (Å²) in [5.41, 5.74) is -2.26. The van der Waals surface area contributed by atoms with Gasteiger partial charge in [0.2, 0.25) is 0 Å². The molecule has 1 aromatic heterocycles. The van der Waals surface area contributed by atoms with Gasteiger partial charge in [0.25, 0.3) is 0 Å². The molecule has 0 radical (unpaired) electrons. The molecule has 0 nitrogen and oxygen atoms in total. The molecule has 0 N–H and O–H groups in total. The van der Waals surface area contributed by atoms with Gasteiger partial charge in [0.15, 0.2) is 0 Å². The number of alkyl halides is 13. The Labute approximate surface area is 148 Å². The first-order chi connectivity index (χ1) is 11.2. The fourth-order valence-corrected chi connectivity index (χ4v) is 3.02. The molecule has 1 aromatic rings. The number of halogens is 15. The highest BCUT2D eigenvalue weighted by Crippen LogP contribution is 2.62. The molecule has 152 valence electrons. The van der Waals surface area contributed by atoms with Crippen molar-refractivity contribution in [1.82, 2.24) is 0 Å². The number of thiophene rings is 1. The number of rotatable bonds is 5. The molecule has 0 atom stereocenters. The predicted octanol–water partition coefficient (Wildman–Crippen LogP) is 7.25. The molecule has 0 saturated heterocycles. The first kappa shape index (κ1) is 23.4. The average Bonchev–Trinajstić information content (AvgIpc) is 2.76. The fraction of sp³-hybridized carbons (Fsp3) is 0.600. The lowest BCUT2D eigenvalue weighted by molar-refractivity contribution is -0.441. The zero-order chi connectivity index (χ0) is 21.1. The molecule has 0 aliphatic rings. The lowest BCUT2D eigenvalue weighted by Crippen LogP contribution is -2.69. The van der Waals surface area contributed by atoms with E-state index in [0.29, 0.717) is 0 Å². The number of hydrogen-bond donors (Lipinski definition) is 0. The molecule has 0 saturated carbocycles. The normalized spacial score (nSPS) is 15.5. The lowest BCUT2D eigenvalue weighted by atomic mass is 9.91. The Morgan fingerprint density at radius 1 is 0.615 bits per heavy atom. The summed E-state index contributed by atoms with van der Waals surface area (Å²) < 4.78 is 166. The first-order valence-electron chi connectivity index (χ1n) is 5.57. The van der Waals surface area contributed by atoms with E-state index in [9.17, 15) is 57.1 Å². The van der Waals surface area contributed by atoms with Gasteiger partial charge < -0.3 is 0 Å². The molecule has 0 aromatic carbocycles. The third-order valence-corrected chi connectivity index (χ3v) is 4.42. The topological polar surface area (TPSA) is 0 Å². The third-order valence-electron chi connectivity index (χ3n) is 2.93. The third kappa shape index (κ3) is 3.01. The first-order valence-corrected chi connectivity index (χ1v) is 7.14. The molecular formula is C10HCl2F13S. The Bertz CT molecular complexity index is 675. The van der Waals surface area contributed by atoms with Crippen molar-refractivity contribution in [3.63, 3.8) is 0 Å². The monoisotopic (exact) mass is 470 g/mol. The Morgan fingerprint density at radius 2 is 1.00 bits per heavy atom. The van der Waals surface area contributed by atoms with Crippen molar-refractivity contribution in [3.05, 3.63) is 20.3 Å². The summed E-state index contributed by atoms with van der Waals surface area (Å²) in [6.45, 7) is 0. The zero-order valence-corrected chi connectivity index (χ0v) is 13.5. The quantitative estimate of drug-likeness (QED) is 0.397. The van der Waals surface area contributed by atoms with Crippen LogP contribution in [0, 0.1) is 0 Å². The van der Waals surface area contributed by atoms with Gasteiger partial charge in [-0.25, -0.2) is 0 Å². The molecule has 0 amide bonds. The van der Waals surface area contributed by atoms with E-state index in [1.807, 2.05) is 0 Å². The Morgan fingerprint density at radius 3 is 1.31 bits per heavy atom. The Kier molecular flexibility index (Phi) is 5.57. The van der Waals surface area contributed by atoms with Crippen molar-refractivity contribution in [2.75, 3.05) is 0 Å². The minimum Gasteiger partial charge on any atom is -0.194 e. The van der Waals surface area contributed by atoms with Crippen LogP contribution in [0.5, 0.6) is 0 Å². The molecule has 1 heterocycles. The molecule has 0 bridgehead atoms. The van der Waals surface area contributed by atoms with Gasteiger partial charge in [-0.05, 0) is 6.07 Å². The smallest absolute Gasteiger partial charge is 0.194 e. The second-order valence-electron chi connectivity index (χ2n) is 4.61. The highest BCUT2D eigenvalue weighted by Gasteiger charge is 2.91. The van der Waals surface area contributed by atoms with Gasteiger partial charge in [-0.3, -0.25) is 0 Å². The van der Waals surface area contributed by atoms with Crippen molar-refractivity contribution in [2.45, 2.75) is 35.8 Å². The minimum absolute atomic E-state index is 0.103. The molecule has 0 spiro atoms. The molecule has 1 rings (SSSR count). The molecule has 0 fully saturated rings. The average molecular weight is 471 g/mol. The van der Waals surface area contributed by atoms with Crippen LogP contribution in [0.1, 0.15) is 5.56 Å². The predicted molar refractivity (Wildman–Crippen MR) is 64.1 cm³/mol. The van der Waals surface area contributed by atoms with E-state index in [4.69, 9.17) is 23.2 Å². The SMILES string of the molecule is FC(F)(F)C(F)(F)C(F)(F)C(F)(F)C(F)(F)C(F)(F)c1cc(Cl)sc1Cl. The maximum Gasteiger partial charge on any atom is 0.460 e. The van der Waals surface area contributed by atoms with Crippen LogP contribution in [0.3, 0.4) is 0 Å². The van der Waals surface area contributed by atoms with Crippen molar-refractivity contribution in [1.29, 1.82) is 0 Å². The summed E-state index contributed by atoms with van der Waals surface area (Å²) in [6, 6.07) is -0.154. The van der Waals surface area contributed by atoms with E-state index in [1.54, 1.807) is 0 Å². The molecular weight excluding hydrogens is 470 g/mol. The molecule has 0 unspecified atom stereocenters. The maximum atomic E-state index is 13.7. The minimum atomic E-state index is -7.95. The highest BCUT2D eigenvalue weighted by molar-refractivity contribution is 7.20. The second kappa shape index (κ2) is 6.19. The molecule has 0 aliphatic carbocycles. The van der Waals surface area contributed by atoms with Crippen LogP contribution in [-0.2, 0) is 5.92 Å². The summed E-state index contributed by atoms with van der Waals surface area (Å²) in [4.78, 5) is 0. The van der Waals surface area contributed by atoms with Crippen LogP contribution in [0.15, 0.2) is 6.07 Å². The molecule has 26 heavy (non-hydrogen) atoms. The maximum absolute atomic E-state index is 13.7. The van der Waals surface area contributed by atoms with Crippen LogP contribution in [-0.4, -0.2) is 29.9 Å². The summed E-state index contributed by atoms with van der Waals surface area (Å²) in [7, 11) is 0. The summed E-state index contributed by atoms with van der Waals surface area (Å²) in [5.74, 6) is -37.4. The highest BCUT2D eigenvalue weighted by atomic mass is 35.5.